The van der Waals surface area contributed by atoms with Crippen LogP contribution in [0.25, 0.3) is 10.8 Å². The van der Waals surface area contributed by atoms with Crippen molar-refractivity contribution in [2.75, 3.05) is 31.6 Å². The second-order valence-electron chi connectivity index (χ2n) is 12.3. The molecule has 0 saturated carbocycles. The van der Waals surface area contributed by atoms with Crippen LogP contribution in [0, 0.1) is 17.8 Å². The molecule has 5 rings (SSSR count). The average molecular weight is 574 g/mol. The highest BCUT2D eigenvalue weighted by Crippen LogP contribution is 2.65. The maximum absolute atomic E-state index is 14.9. The van der Waals surface area contributed by atoms with E-state index >= 15 is 0 Å². The van der Waals surface area contributed by atoms with Crippen molar-refractivity contribution in [1.29, 1.82) is 0 Å². The van der Waals surface area contributed by atoms with Crippen LogP contribution in [0.15, 0.2) is 67.8 Å². The Labute approximate surface area is 248 Å². The molecule has 3 fully saturated rings. The van der Waals surface area contributed by atoms with Crippen molar-refractivity contribution in [2.45, 2.75) is 63.3 Å². The summed E-state index contributed by atoms with van der Waals surface area (Å²) < 4.78 is 6.94. The summed E-state index contributed by atoms with van der Waals surface area (Å²) in [5.41, 5.74) is -1.33. The predicted octanol–water partition coefficient (Wildman–Crippen LogP) is 4.17. The number of anilines is 1. The maximum atomic E-state index is 14.9. The Kier molecular flexibility index (Phi) is 8.07. The number of aliphatic hydroxyl groups excluding tert-OH is 1. The highest BCUT2D eigenvalue weighted by atomic mass is 16.5. The minimum absolute atomic E-state index is 0.132. The SMILES string of the molecule is C=CCN(C)C(=O)[C@H]1[C@H]2C(=O)N([C@@H](CO)C(C)C)C(C(=O)N(CC=C)c3ccc4ccccc4c3)C23CC[C@]1(CC)O3. The van der Waals surface area contributed by atoms with Crippen molar-refractivity contribution < 1.29 is 24.2 Å². The first kappa shape index (κ1) is 30.0. The summed E-state index contributed by atoms with van der Waals surface area (Å²) in [6.07, 6.45) is 4.94. The summed E-state index contributed by atoms with van der Waals surface area (Å²) >= 11 is 0. The zero-order valence-electron chi connectivity index (χ0n) is 25.2. The van der Waals surface area contributed by atoms with Gasteiger partial charge in [0, 0.05) is 25.8 Å². The molecule has 3 heterocycles. The molecule has 2 aromatic rings. The second-order valence-corrected chi connectivity index (χ2v) is 12.3. The van der Waals surface area contributed by atoms with E-state index < -0.39 is 35.1 Å². The van der Waals surface area contributed by atoms with Crippen LogP contribution in [-0.4, -0.2) is 82.7 Å². The number of amides is 3. The van der Waals surface area contributed by atoms with Crippen molar-refractivity contribution in [2.24, 2.45) is 17.8 Å². The number of hydrogen-bond donors (Lipinski definition) is 1. The first-order chi connectivity index (χ1) is 20.1. The summed E-state index contributed by atoms with van der Waals surface area (Å²) in [5, 5.41) is 12.6. The molecule has 3 saturated heterocycles. The maximum Gasteiger partial charge on any atom is 0.253 e. The van der Waals surface area contributed by atoms with Gasteiger partial charge in [-0.15, -0.1) is 13.2 Å². The number of rotatable bonds is 11. The van der Waals surface area contributed by atoms with Gasteiger partial charge in [0.1, 0.15) is 11.6 Å². The van der Waals surface area contributed by atoms with Gasteiger partial charge in [-0.05, 0) is 48.1 Å². The third-order valence-corrected chi connectivity index (χ3v) is 9.83. The number of carbonyl (C=O) groups excluding carboxylic acids is 3. The fraction of sp³-hybridized carbons (Fsp3) is 0.500. The number of fused-ring (bicyclic) bond motifs is 2. The number of aliphatic hydroxyl groups is 1. The summed E-state index contributed by atoms with van der Waals surface area (Å²) in [6.45, 7) is 13.8. The van der Waals surface area contributed by atoms with Crippen LogP contribution in [0.2, 0.25) is 0 Å². The second kappa shape index (κ2) is 11.3. The summed E-state index contributed by atoms with van der Waals surface area (Å²) in [7, 11) is 1.71. The molecule has 3 amide bonds. The quantitative estimate of drug-likeness (QED) is 0.408. The Balaban J connectivity index is 1.66. The van der Waals surface area contributed by atoms with Crippen LogP contribution in [0.1, 0.15) is 40.0 Å². The van der Waals surface area contributed by atoms with Crippen LogP contribution in [0.4, 0.5) is 5.69 Å². The van der Waals surface area contributed by atoms with Gasteiger partial charge in [0.15, 0.2) is 0 Å². The molecule has 2 unspecified atom stereocenters. The number of likely N-dealkylation sites (N-methyl/N-ethyl adjacent to an activating group) is 1. The minimum atomic E-state index is -1.18. The molecule has 0 aliphatic carbocycles. The van der Waals surface area contributed by atoms with Crippen molar-refractivity contribution in [3.63, 3.8) is 0 Å². The van der Waals surface area contributed by atoms with E-state index in [-0.39, 0.29) is 36.8 Å². The lowest BCUT2D eigenvalue weighted by Gasteiger charge is -2.40. The van der Waals surface area contributed by atoms with Gasteiger partial charge in [0.2, 0.25) is 11.8 Å². The van der Waals surface area contributed by atoms with Crippen molar-refractivity contribution in [3.05, 3.63) is 67.8 Å². The summed E-state index contributed by atoms with van der Waals surface area (Å²) in [6, 6.07) is 12.2. The number of likely N-dealkylation sites (tertiary alicyclic amines) is 1. The first-order valence-electron chi connectivity index (χ1n) is 15.0. The van der Waals surface area contributed by atoms with Crippen LogP contribution < -0.4 is 4.90 Å². The molecule has 0 aromatic heterocycles. The molecular weight excluding hydrogens is 530 g/mol. The van der Waals surface area contributed by atoms with Crippen LogP contribution >= 0.6 is 0 Å². The highest BCUT2D eigenvalue weighted by Gasteiger charge is 2.79. The monoisotopic (exact) mass is 573 g/mol. The molecular formula is C34H43N3O5. The molecule has 1 spiro atoms. The molecule has 2 aromatic carbocycles. The Morgan fingerprint density at radius 1 is 1.10 bits per heavy atom. The van der Waals surface area contributed by atoms with E-state index in [2.05, 4.69) is 13.2 Å². The van der Waals surface area contributed by atoms with Gasteiger partial charge in [0.25, 0.3) is 5.91 Å². The Bertz CT molecular complexity index is 1410. The normalized spacial score (nSPS) is 28.7. The van der Waals surface area contributed by atoms with Gasteiger partial charge in [0.05, 0.1) is 30.1 Å². The van der Waals surface area contributed by atoms with E-state index in [4.69, 9.17) is 4.74 Å². The van der Waals surface area contributed by atoms with E-state index in [9.17, 15) is 19.5 Å². The van der Waals surface area contributed by atoms with E-state index in [0.29, 0.717) is 31.5 Å². The molecule has 3 aliphatic heterocycles. The third kappa shape index (κ3) is 4.38. The minimum Gasteiger partial charge on any atom is -0.394 e. The third-order valence-electron chi connectivity index (χ3n) is 9.83. The standard InChI is InChI=1S/C34H43N3O5/c1-7-18-35(6)30(39)27-28-31(40)37(26(21-38)22(4)5)29(34(28)17-16-33(27,9-3)42-34)32(41)36(19-8-2)25-15-14-23-12-10-11-13-24(23)20-25/h7-8,10-15,20,22,26-29,38H,1-2,9,16-19,21H2,3-6H3/t26-,27+,28-,29?,33-,34?/m0/s1. The Hall–Kier alpha value is -3.49. The van der Waals surface area contributed by atoms with E-state index in [0.717, 1.165) is 10.8 Å². The number of ether oxygens (including phenoxy) is 1. The molecule has 224 valence electrons. The fourth-order valence-electron chi connectivity index (χ4n) is 7.75. The molecule has 42 heavy (non-hydrogen) atoms. The summed E-state index contributed by atoms with van der Waals surface area (Å²) in [4.78, 5) is 48.3. The Morgan fingerprint density at radius 3 is 2.40 bits per heavy atom. The average Bonchev–Trinajstić information content (AvgIpc) is 3.59. The topological polar surface area (TPSA) is 90.4 Å². The summed E-state index contributed by atoms with van der Waals surface area (Å²) in [5.74, 6) is -2.44. The zero-order valence-corrected chi connectivity index (χ0v) is 25.2. The lowest BCUT2D eigenvalue weighted by molar-refractivity contribution is -0.153. The Morgan fingerprint density at radius 2 is 1.79 bits per heavy atom. The smallest absolute Gasteiger partial charge is 0.253 e. The van der Waals surface area contributed by atoms with E-state index in [1.165, 1.54) is 0 Å². The van der Waals surface area contributed by atoms with Gasteiger partial charge < -0.3 is 24.5 Å². The van der Waals surface area contributed by atoms with Gasteiger partial charge in [-0.3, -0.25) is 14.4 Å². The van der Waals surface area contributed by atoms with Crippen LogP contribution in [-0.2, 0) is 19.1 Å². The molecule has 2 bridgehead atoms. The van der Waals surface area contributed by atoms with Crippen molar-refractivity contribution in [3.8, 4) is 0 Å². The lowest BCUT2D eigenvalue weighted by Crippen LogP contribution is -2.60. The van der Waals surface area contributed by atoms with E-state index in [1.807, 2.05) is 63.2 Å². The lowest BCUT2D eigenvalue weighted by atomic mass is 9.64. The van der Waals surface area contributed by atoms with Gasteiger partial charge in [-0.2, -0.15) is 0 Å². The zero-order chi connectivity index (χ0) is 30.4. The van der Waals surface area contributed by atoms with E-state index in [1.54, 1.807) is 33.9 Å². The predicted molar refractivity (Wildman–Crippen MR) is 164 cm³/mol. The van der Waals surface area contributed by atoms with Gasteiger partial charge >= 0.3 is 0 Å². The fourth-order valence-corrected chi connectivity index (χ4v) is 7.75. The largest absolute Gasteiger partial charge is 0.394 e. The molecule has 0 radical (unpaired) electrons. The highest BCUT2D eigenvalue weighted by molar-refractivity contribution is 6.06. The van der Waals surface area contributed by atoms with Gasteiger partial charge in [-0.25, -0.2) is 0 Å². The molecule has 6 atom stereocenters. The number of nitrogens with zero attached hydrogens (tertiary/aromatic N) is 3. The molecule has 1 N–H and O–H groups in total. The van der Waals surface area contributed by atoms with Crippen molar-refractivity contribution >= 4 is 34.2 Å². The first-order valence-corrected chi connectivity index (χ1v) is 15.0. The number of hydrogen-bond acceptors (Lipinski definition) is 5. The van der Waals surface area contributed by atoms with Gasteiger partial charge in [-0.1, -0.05) is 63.3 Å². The number of benzene rings is 2. The van der Waals surface area contributed by atoms with Crippen LogP contribution in [0.5, 0.6) is 0 Å². The number of carbonyl (C=O) groups is 3. The molecule has 3 aliphatic rings. The molecule has 8 heteroatoms. The molecule has 8 nitrogen and oxygen atoms in total. The van der Waals surface area contributed by atoms with Crippen LogP contribution in [0.3, 0.4) is 0 Å². The van der Waals surface area contributed by atoms with Crippen molar-refractivity contribution in [1.82, 2.24) is 9.80 Å².